The van der Waals surface area contributed by atoms with Gasteiger partial charge >= 0.3 is 5.97 Å². The van der Waals surface area contributed by atoms with E-state index in [9.17, 15) is 9.90 Å². The van der Waals surface area contributed by atoms with Crippen LogP contribution in [0.4, 0.5) is 0 Å². The number of ether oxygens (including phenoxy) is 2. The molecule has 0 radical (unpaired) electrons. The number of nitrogens with zero attached hydrogens (tertiary/aromatic N) is 1. The predicted octanol–water partition coefficient (Wildman–Crippen LogP) is 2.33. The minimum atomic E-state index is -0.861. The van der Waals surface area contributed by atoms with Gasteiger partial charge in [-0.15, -0.1) is 0 Å². The second-order valence-electron chi connectivity index (χ2n) is 5.01. The Bertz CT molecular complexity index is 528. The van der Waals surface area contributed by atoms with Crippen molar-refractivity contribution in [3.05, 3.63) is 22.7 Å². The third-order valence-corrected chi connectivity index (χ3v) is 3.96. The Kier molecular flexibility index (Phi) is 3.72. The highest BCUT2D eigenvalue weighted by molar-refractivity contribution is 6.32. The van der Waals surface area contributed by atoms with Gasteiger partial charge in [0.05, 0.1) is 5.02 Å². The van der Waals surface area contributed by atoms with E-state index in [-0.39, 0.29) is 0 Å². The summed E-state index contributed by atoms with van der Waals surface area (Å²) in [6, 6.07) is 2.73. The van der Waals surface area contributed by atoms with Crippen LogP contribution in [0.15, 0.2) is 12.1 Å². The summed E-state index contributed by atoms with van der Waals surface area (Å²) in [5.41, 5.74) is 0.647. The van der Waals surface area contributed by atoms with Crippen LogP contribution in [0, 0.1) is 0 Å². The molecule has 20 heavy (non-hydrogen) atoms. The summed E-state index contributed by atoms with van der Waals surface area (Å²) in [5.74, 6) is 0.177. The van der Waals surface area contributed by atoms with Crippen molar-refractivity contribution in [2.75, 3.05) is 26.3 Å². The summed E-state index contributed by atoms with van der Waals surface area (Å²) in [7, 11) is 0. The van der Waals surface area contributed by atoms with Gasteiger partial charge in [0, 0.05) is 0 Å². The first-order valence-electron chi connectivity index (χ1n) is 6.73. The van der Waals surface area contributed by atoms with Gasteiger partial charge in [0.1, 0.15) is 19.3 Å². The van der Waals surface area contributed by atoms with Crippen LogP contribution in [0.3, 0.4) is 0 Å². The van der Waals surface area contributed by atoms with Gasteiger partial charge in [-0.25, -0.2) is 0 Å². The van der Waals surface area contributed by atoms with Crippen LogP contribution in [-0.4, -0.2) is 42.3 Å². The van der Waals surface area contributed by atoms with Crippen molar-refractivity contribution in [3.8, 4) is 11.5 Å². The van der Waals surface area contributed by atoms with Crippen LogP contribution in [0.25, 0.3) is 0 Å². The van der Waals surface area contributed by atoms with Crippen LogP contribution >= 0.6 is 11.6 Å². The summed E-state index contributed by atoms with van der Waals surface area (Å²) in [6.45, 7) is 2.50. The van der Waals surface area contributed by atoms with E-state index in [2.05, 4.69) is 0 Å². The molecule has 0 spiro atoms. The first-order chi connectivity index (χ1) is 9.66. The molecule has 0 aliphatic carbocycles. The fraction of sp³-hybridized carbons (Fsp3) is 0.500. The zero-order valence-electron chi connectivity index (χ0n) is 11.0. The van der Waals surface area contributed by atoms with Gasteiger partial charge in [0.25, 0.3) is 0 Å². The van der Waals surface area contributed by atoms with Gasteiger partial charge in [-0.05, 0) is 43.6 Å². The Labute approximate surface area is 122 Å². The quantitative estimate of drug-likeness (QED) is 0.928. The summed E-state index contributed by atoms with van der Waals surface area (Å²) >= 11 is 6.19. The van der Waals surface area contributed by atoms with Crippen molar-refractivity contribution < 1.29 is 19.4 Å². The molecular formula is C14H16ClNO4. The number of benzene rings is 1. The minimum absolute atomic E-state index is 0.405. The number of hydrogen-bond donors (Lipinski definition) is 1. The molecule has 1 atom stereocenters. The molecule has 2 aliphatic heterocycles. The monoisotopic (exact) mass is 297 g/mol. The zero-order valence-corrected chi connectivity index (χ0v) is 11.7. The highest BCUT2D eigenvalue weighted by Crippen LogP contribution is 2.41. The molecule has 6 heteroatoms. The average Bonchev–Trinajstić information content (AvgIpc) is 2.92. The number of rotatable bonds is 3. The molecule has 0 aromatic heterocycles. The van der Waals surface area contributed by atoms with Crippen LogP contribution in [-0.2, 0) is 4.79 Å². The highest BCUT2D eigenvalue weighted by Gasteiger charge is 2.31. The molecule has 1 fully saturated rings. The van der Waals surface area contributed by atoms with Crippen molar-refractivity contribution in [1.82, 2.24) is 4.90 Å². The lowest BCUT2D eigenvalue weighted by Gasteiger charge is -2.26. The summed E-state index contributed by atoms with van der Waals surface area (Å²) in [4.78, 5) is 13.6. The Hall–Kier alpha value is -1.46. The number of aliphatic carboxylic acids is 1. The van der Waals surface area contributed by atoms with Crippen LogP contribution < -0.4 is 9.47 Å². The highest BCUT2D eigenvalue weighted by atomic mass is 35.5. The van der Waals surface area contributed by atoms with Gasteiger partial charge in [-0.3, -0.25) is 9.69 Å². The predicted molar refractivity (Wildman–Crippen MR) is 73.6 cm³/mol. The second kappa shape index (κ2) is 5.50. The molecular weight excluding hydrogens is 282 g/mol. The molecule has 1 saturated heterocycles. The van der Waals surface area contributed by atoms with Crippen molar-refractivity contribution in [2.24, 2.45) is 0 Å². The summed E-state index contributed by atoms with van der Waals surface area (Å²) in [6.07, 6.45) is 2.06. The Morgan fingerprint density at radius 3 is 2.65 bits per heavy atom. The van der Waals surface area contributed by atoms with Crippen molar-refractivity contribution in [1.29, 1.82) is 0 Å². The standard InChI is InChI=1S/C14H16ClNO4/c15-10-7-9(8-11-13(10)20-6-5-19-11)12(14(17)18)16-3-1-2-4-16/h7-8,12H,1-6H2,(H,17,18). The van der Waals surface area contributed by atoms with Crippen molar-refractivity contribution in [3.63, 3.8) is 0 Å². The first-order valence-corrected chi connectivity index (χ1v) is 7.10. The maximum atomic E-state index is 11.6. The maximum absolute atomic E-state index is 11.6. The molecule has 2 aliphatic rings. The number of carboxylic acid groups (broad SMARTS) is 1. The van der Waals surface area contributed by atoms with Crippen molar-refractivity contribution >= 4 is 17.6 Å². The molecule has 1 aromatic rings. The average molecular weight is 298 g/mol. The van der Waals surface area contributed by atoms with Crippen LogP contribution in [0.2, 0.25) is 5.02 Å². The third kappa shape index (κ3) is 2.43. The number of carbonyl (C=O) groups is 1. The van der Waals surface area contributed by atoms with Crippen molar-refractivity contribution in [2.45, 2.75) is 18.9 Å². The smallest absolute Gasteiger partial charge is 0.325 e. The number of halogens is 1. The fourth-order valence-electron chi connectivity index (χ4n) is 2.80. The Balaban J connectivity index is 1.98. The SMILES string of the molecule is O=C(O)C(c1cc(Cl)c2c(c1)OCCO2)N1CCCC1. The summed E-state index contributed by atoms with van der Waals surface area (Å²) < 4.78 is 11.0. The van der Waals surface area contributed by atoms with Gasteiger partial charge in [0.15, 0.2) is 11.5 Å². The van der Waals surface area contributed by atoms with E-state index >= 15 is 0 Å². The topological polar surface area (TPSA) is 59.0 Å². The van der Waals surface area contributed by atoms with E-state index in [4.69, 9.17) is 21.1 Å². The van der Waals surface area contributed by atoms with E-state index in [0.717, 1.165) is 25.9 Å². The lowest BCUT2D eigenvalue weighted by atomic mass is 10.0. The molecule has 108 valence electrons. The molecule has 0 saturated carbocycles. The molecule has 0 amide bonds. The molecule has 1 N–H and O–H groups in total. The summed E-state index contributed by atoms with van der Waals surface area (Å²) in [5, 5.41) is 9.93. The third-order valence-electron chi connectivity index (χ3n) is 3.67. The number of likely N-dealkylation sites (tertiary alicyclic amines) is 1. The van der Waals surface area contributed by atoms with Gasteiger partial charge in [0.2, 0.25) is 0 Å². The molecule has 1 unspecified atom stereocenters. The van der Waals surface area contributed by atoms with Gasteiger partial charge < -0.3 is 14.6 Å². The van der Waals surface area contributed by atoms with E-state index in [1.807, 2.05) is 4.90 Å². The molecule has 2 heterocycles. The van der Waals surface area contributed by atoms with E-state index in [1.54, 1.807) is 12.1 Å². The van der Waals surface area contributed by atoms with E-state index < -0.39 is 12.0 Å². The molecule has 0 bridgehead atoms. The van der Waals surface area contributed by atoms with E-state index in [0.29, 0.717) is 35.3 Å². The van der Waals surface area contributed by atoms with Gasteiger partial charge in [-0.2, -0.15) is 0 Å². The molecule has 3 rings (SSSR count). The Morgan fingerprint density at radius 2 is 1.95 bits per heavy atom. The van der Waals surface area contributed by atoms with Crippen LogP contribution in [0.1, 0.15) is 24.4 Å². The first kappa shape index (κ1) is 13.5. The number of carboxylic acids is 1. The molecule has 5 nitrogen and oxygen atoms in total. The van der Waals surface area contributed by atoms with Crippen LogP contribution in [0.5, 0.6) is 11.5 Å². The zero-order chi connectivity index (χ0) is 14.1. The fourth-order valence-corrected chi connectivity index (χ4v) is 3.07. The van der Waals surface area contributed by atoms with Gasteiger partial charge in [-0.1, -0.05) is 11.6 Å². The minimum Gasteiger partial charge on any atom is -0.486 e. The Morgan fingerprint density at radius 1 is 1.25 bits per heavy atom. The lowest BCUT2D eigenvalue weighted by molar-refractivity contribution is -0.143. The number of fused-ring (bicyclic) bond motifs is 1. The largest absolute Gasteiger partial charge is 0.486 e. The molecule has 1 aromatic carbocycles. The van der Waals surface area contributed by atoms with E-state index in [1.165, 1.54) is 0 Å². The second-order valence-corrected chi connectivity index (χ2v) is 5.42. The lowest BCUT2D eigenvalue weighted by Crippen LogP contribution is -2.31. The maximum Gasteiger partial charge on any atom is 0.325 e. The number of hydrogen-bond acceptors (Lipinski definition) is 4. The normalized spacial score (nSPS) is 19.9.